The zero-order valence-corrected chi connectivity index (χ0v) is 12.1. The number of hydrogen-bond acceptors (Lipinski definition) is 2. The van der Waals surface area contributed by atoms with E-state index in [-0.39, 0.29) is 12.6 Å². The Kier molecular flexibility index (Phi) is 5.19. The second kappa shape index (κ2) is 6.22. The second-order valence-corrected chi connectivity index (χ2v) is 5.80. The number of amides is 2. The maximum atomic E-state index is 11.8. The van der Waals surface area contributed by atoms with E-state index in [1.54, 1.807) is 4.90 Å². The van der Waals surface area contributed by atoms with Gasteiger partial charge in [-0.15, -0.1) is 0 Å². The molecule has 1 aliphatic heterocycles. The third kappa shape index (κ3) is 3.48. The van der Waals surface area contributed by atoms with Crippen LogP contribution < -0.4 is 5.32 Å². The number of aliphatic carboxylic acids is 1. The topological polar surface area (TPSA) is 69.6 Å². The summed E-state index contributed by atoms with van der Waals surface area (Å²) in [6, 6.07) is -0.227. The molecule has 1 heterocycles. The molecule has 0 spiro atoms. The number of carbonyl (C=O) groups excluding carboxylic acids is 1. The normalized spacial score (nSPS) is 22.9. The molecule has 1 unspecified atom stereocenters. The second-order valence-electron chi connectivity index (χ2n) is 4.68. The van der Waals surface area contributed by atoms with Crippen LogP contribution in [0.1, 0.15) is 26.2 Å². The van der Waals surface area contributed by atoms with Gasteiger partial charge in [-0.3, -0.25) is 4.79 Å². The number of nitrogens with zero attached hydrogens (tertiary/aromatic N) is 1. The number of halogens is 1. The van der Waals surface area contributed by atoms with Crippen LogP contribution in [0.5, 0.6) is 0 Å². The van der Waals surface area contributed by atoms with E-state index in [4.69, 9.17) is 0 Å². The molecule has 2 amide bonds. The zero-order chi connectivity index (χ0) is 13.8. The number of rotatable bonds is 5. The van der Waals surface area contributed by atoms with Crippen LogP contribution in [-0.2, 0) is 4.79 Å². The lowest BCUT2D eigenvalue weighted by Gasteiger charge is -2.24. The van der Waals surface area contributed by atoms with Gasteiger partial charge in [0.2, 0.25) is 0 Å². The molecule has 1 saturated heterocycles. The first-order valence-electron chi connectivity index (χ1n) is 6.01. The molecule has 5 nitrogen and oxygen atoms in total. The van der Waals surface area contributed by atoms with E-state index in [1.165, 1.54) is 0 Å². The highest BCUT2D eigenvalue weighted by Crippen LogP contribution is 2.35. The number of likely N-dealkylation sites (tertiary alicyclic amines) is 1. The molecule has 0 aliphatic carbocycles. The number of urea groups is 1. The summed E-state index contributed by atoms with van der Waals surface area (Å²) in [6.07, 6.45) is 1.94. The van der Waals surface area contributed by atoms with Crippen LogP contribution in [0.15, 0.2) is 11.1 Å². The van der Waals surface area contributed by atoms with E-state index in [9.17, 15) is 14.7 Å². The van der Waals surface area contributed by atoms with Gasteiger partial charge in [0.05, 0.1) is 12.0 Å². The standard InChI is InChI=1S/C12H19BrN2O3/c1-3-4-12(10(16)17)5-6-15(8-12)11(18)14-7-9(2)13/h2-8H2,1H3,(H,14,18)(H,16,17). The van der Waals surface area contributed by atoms with Crippen molar-refractivity contribution in [3.63, 3.8) is 0 Å². The molecule has 6 heteroatoms. The van der Waals surface area contributed by atoms with Crippen molar-refractivity contribution in [2.24, 2.45) is 5.41 Å². The minimum Gasteiger partial charge on any atom is -0.481 e. The van der Waals surface area contributed by atoms with E-state index in [0.29, 0.717) is 30.4 Å². The lowest BCUT2D eigenvalue weighted by Crippen LogP contribution is -2.42. The lowest BCUT2D eigenvalue weighted by atomic mass is 9.83. The summed E-state index contributed by atoms with van der Waals surface area (Å²) >= 11 is 3.16. The first-order chi connectivity index (χ1) is 8.41. The molecule has 0 aromatic rings. The fourth-order valence-corrected chi connectivity index (χ4v) is 2.43. The van der Waals surface area contributed by atoms with Crippen molar-refractivity contribution >= 4 is 27.9 Å². The molecule has 1 aliphatic rings. The maximum Gasteiger partial charge on any atom is 0.317 e. The van der Waals surface area contributed by atoms with Crippen LogP contribution in [0.25, 0.3) is 0 Å². The minimum absolute atomic E-state index is 0.227. The summed E-state index contributed by atoms with van der Waals surface area (Å²) in [5, 5.41) is 12.0. The van der Waals surface area contributed by atoms with Gasteiger partial charge in [-0.2, -0.15) is 0 Å². The molecule has 1 rings (SSSR count). The summed E-state index contributed by atoms with van der Waals surface area (Å²) in [7, 11) is 0. The van der Waals surface area contributed by atoms with E-state index in [2.05, 4.69) is 27.8 Å². The molecule has 0 bridgehead atoms. The smallest absolute Gasteiger partial charge is 0.317 e. The van der Waals surface area contributed by atoms with Gasteiger partial charge in [0, 0.05) is 17.6 Å². The van der Waals surface area contributed by atoms with E-state index in [0.717, 1.165) is 6.42 Å². The Labute approximate surface area is 115 Å². The Morgan fingerprint density at radius 2 is 2.22 bits per heavy atom. The van der Waals surface area contributed by atoms with Crippen molar-refractivity contribution in [1.29, 1.82) is 0 Å². The average molecular weight is 319 g/mol. The highest BCUT2D eigenvalue weighted by molar-refractivity contribution is 9.11. The SMILES string of the molecule is C=C(Br)CNC(=O)N1CCC(CCC)(C(=O)O)C1. The molecular weight excluding hydrogens is 300 g/mol. The number of hydrogen-bond donors (Lipinski definition) is 2. The molecule has 0 aromatic heterocycles. The van der Waals surface area contributed by atoms with Crippen LogP contribution in [-0.4, -0.2) is 41.6 Å². The van der Waals surface area contributed by atoms with Crippen LogP contribution in [0, 0.1) is 5.41 Å². The molecule has 1 atom stereocenters. The molecule has 0 saturated carbocycles. The largest absolute Gasteiger partial charge is 0.481 e. The summed E-state index contributed by atoms with van der Waals surface area (Å²) in [6.45, 7) is 6.72. The van der Waals surface area contributed by atoms with Crippen LogP contribution >= 0.6 is 15.9 Å². The summed E-state index contributed by atoms with van der Waals surface area (Å²) < 4.78 is 0.688. The monoisotopic (exact) mass is 318 g/mol. The number of carboxylic acid groups (broad SMARTS) is 1. The minimum atomic E-state index is -0.801. The summed E-state index contributed by atoms with van der Waals surface area (Å²) in [5.74, 6) is -0.801. The van der Waals surface area contributed by atoms with Gasteiger partial charge >= 0.3 is 12.0 Å². The van der Waals surface area contributed by atoms with Gasteiger partial charge in [0.1, 0.15) is 0 Å². The quantitative estimate of drug-likeness (QED) is 0.816. The van der Waals surface area contributed by atoms with Crippen molar-refractivity contribution in [2.45, 2.75) is 26.2 Å². The van der Waals surface area contributed by atoms with Crippen molar-refractivity contribution < 1.29 is 14.7 Å². The van der Waals surface area contributed by atoms with Crippen LogP contribution in [0.3, 0.4) is 0 Å². The van der Waals surface area contributed by atoms with Gasteiger partial charge in [-0.1, -0.05) is 35.9 Å². The van der Waals surface area contributed by atoms with Gasteiger partial charge in [-0.25, -0.2) is 4.79 Å². The first-order valence-corrected chi connectivity index (χ1v) is 6.80. The van der Waals surface area contributed by atoms with Crippen molar-refractivity contribution in [3.8, 4) is 0 Å². The van der Waals surface area contributed by atoms with Gasteiger partial charge < -0.3 is 15.3 Å². The predicted octanol–water partition coefficient (Wildman–Crippen LogP) is 2.18. The molecule has 0 radical (unpaired) electrons. The highest BCUT2D eigenvalue weighted by atomic mass is 79.9. The van der Waals surface area contributed by atoms with E-state index in [1.807, 2.05) is 6.92 Å². The summed E-state index contributed by atoms with van der Waals surface area (Å²) in [5.41, 5.74) is -0.766. The predicted molar refractivity (Wildman–Crippen MR) is 72.6 cm³/mol. The van der Waals surface area contributed by atoms with E-state index < -0.39 is 11.4 Å². The Hall–Kier alpha value is -1.04. The fourth-order valence-electron chi connectivity index (χ4n) is 2.29. The fraction of sp³-hybridized carbons (Fsp3) is 0.667. The van der Waals surface area contributed by atoms with E-state index >= 15 is 0 Å². The maximum absolute atomic E-state index is 11.8. The van der Waals surface area contributed by atoms with Crippen LogP contribution in [0.2, 0.25) is 0 Å². The summed E-state index contributed by atoms with van der Waals surface area (Å²) in [4.78, 5) is 24.8. The van der Waals surface area contributed by atoms with Gasteiger partial charge in [0.25, 0.3) is 0 Å². The van der Waals surface area contributed by atoms with Crippen LogP contribution in [0.4, 0.5) is 4.79 Å². The van der Waals surface area contributed by atoms with Crippen molar-refractivity contribution in [3.05, 3.63) is 11.1 Å². The Morgan fingerprint density at radius 3 is 2.72 bits per heavy atom. The zero-order valence-electron chi connectivity index (χ0n) is 10.5. The van der Waals surface area contributed by atoms with Crippen molar-refractivity contribution in [2.75, 3.05) is 19.6 Å². The molecule has 0 aromatic carbocycles. The molecule has 18 heavy (non-hydrogen) atoms. The van der Waals surface area contributed by atoms with Gasteiger partial charge in [0.15, 0.2) is 0 Å². The Morgan fingerprint density at radius 1 is 1.56 bits per heavy atom. The third-order valence-electron chi connectivity index (χ3n) is 3.25. The molecule has 102 valence electrons. The third-order valence-corrected chi connectivity index (χ3v) is 3.54. The molecule has 1 fully saturated rings. The number of carbonyl (C=O) groups is 2. The van der Waals surface area contributed by atoms with Gasteiger partial charge in [-0.05, 0) is 12.8 Å². The molecular formula is C12H19BrN2O3. The number of carboxylic acids is 1. The first kappa shape index (κ1) is 15.0. The Bertz CT molecular complexity index is 359. The average Bonchev–Trinajstić information content (AvgIpc) is 2.72. The lowest BCUT2D eigenvalue weighted by molar-refractivity contribution is -0.148. The van der Waals surface area contributed by atoms with Crippen molar-refractivity contribution in [1.82, 2.24) is 10.2 Å². The number of nitrogens with one attached hydrogen (secondary N) is 1. The molecule has 2 N–H and O–H groups in total. The highest BCUT2D eigenvalue weighted by Gasteiger charge is 2.45. The Balaban J connectivity index is 2.60.